The van der Waals surface area contributed by atoms with Gasteiger partial charge in [0.05, 0.1) is 17.1 Å². The van der Waals surface area contributed by atoms with Crippen molar-refractivity contribution in [3.8, 4) is 5.75 Å². The predicted molar refractivity (Wildman–Crippen MR) is 69.4 cm³/mol. The normalized spacial score (nSPS) is 11.2. The summed E-state index contributed by atoms with van der Waals surface area (Å²) in [6.07, 6.45) is 0. The minimum absolute atomic E-state index is 0.109. The van der Waals surface area contributed by atoms with E-state index in [4.69, 9.17) is 4.43 Å². The number of methoxy groups -OCH3 is 1. The van der Waals surface area contributed by atoms with Crippen molar-refractivity contribution in [3.63, 3.8) is 0 Å². The highest BCUT2D eigenvalue weighted by Crippen LogP contribution is 2.30. The minimum Gasteiger partial charge on any atom is -0.543 e. The number of hydrogen-bond acceptors (Lipinski definition) is 3. The number of hydrogen-bond donors (Lipinski definition) is 0. The molecule has 1 rings (SSSR count). The zero-order chi connectivity index (χ0) is 13.2. The molecule has 17 heavy (non-hydrogen) atoms. The third-order valence-electron chi connectivity index (χ3n) is 1.84. The molecule has 0 saturated carbocycles. The van der Waals surface area contributed by atoms with E-state index in [9.17, 15) is 9.18 Å². The molecule has 0 aliphatic carbocycles. The van der Waals surface area contributed by atoms with E-state index in [1.54, 1.807) is 0 Å². The van der Waals surface area contributed by atoms with Gasteiger partial charge in [0.1, 0.15) is 11.6 Å². The molecule has 0 aliphatic heterocycles. The van der Waals surface area contributed by atoms with Gasteiger partial charge in [-0.05, 0) is 41.6 Å². The summed E-state index contributed by atoms with van der Waals surface area (Å²) < 4.78 is 24.4. The smallest absolute Gasteiger partial charge is 0.340 e. The van der Waals surface area contributed by atoms with Crippen LogP contribution in [0.2, 0.25) is 19.6 Å². The maximum atomic E-state index is 13.7. The van der Waals surface area contributed by atoms with Gasteiger partial charge in [0.2, 0.25) is 8.32 Å². The molecule has 3 nitrogen and oxygen atoms in total. The largest absolute Gasteiger partial charge is 0.543 e. The van der Waals surface area contributed by atoms with Crippen molar-refractivity contribution in [2.45, 2.75) is 19.6 Å². The van der Waals surface area contributed by atoms with Crippen LogP contribution in [0.15, 0.2) is 16.6 Å². The second kappa shape index (κ2) is 5.18. The van der Waals surface area contributed by atoms with Crippen LogP contribution in [0.3, 0.4) is 0 Å². The van der Waals surface area contributed by atoms with E-state index in [2.05, 4.69) is 20.7 Å². The Morgan fingerprint density at radius 3 is 2.41 bits per heavy atom. The van der Waals surface area contributed by atoms with Gasteiger partial charge in [-0.1, -0.05) is 0 Å². The zero-order valence-electron chi connectivity index (χ0n) is 10.1. The Labute approximate surface area is 109 Å². The number of halogens is 2. The summed E-state index contributed by atoms with van der Waals surface area (Å²) in [5, 5.41) is 0. The van der Waals surface area contributed by atoms with Crippen LogP contribution >= 0.6 is 15.9 Å². The van der Waals surface area contributed by atoms with E-state index in [1.165, 1.54) is 19.2 Å². The molecule has 0 amide bonds. The Bertz CT molecular complexity index is 443. The molecule has 0 N–H and O–H groups in total. The van der Waals surface area contributed by atoms with Crippen LogP contribution in [0.1, 0.15) is 10.4 Å². The fourth-order valence-electron chi connectivity index (χ4n) is 1.20. The van der Waals surface area contributed by atoms with E-state index in [0.717, 1.165) is 0 Å². The zero-order valence-corrected chi connectivity index (χ0v) is 12.7. The average Bonchev–Trinajstić information content (AvgIpc) is 2.20. The number of benzene rings is 1. The van der Waals surface area contributed by atoms with Crippen molar-refractivity contribution in [3.05, 3.63) is 28.0 Å². The lowest BCUT2D eigenvalue weighted by Crippen LogP contribution is -2.29. The van der Waals surface area contributed by atoms with Crippen LogP contribution in [0.25, 0.3) is 0 Å². The maximum Gasteiger partial charge on any atom is 0.340 e. The molecule has 1 aromatic rings. The second-order valence-corrected chi connectivity index (χ2v) is 9.75. The Morgan fingerprint density at radius 1 is 1.35 bits per heavy atom. The molecule has 94 valence electrons. The third-order valence-corrected chi connectivity index (χ3v) is 3.30. The minimum atomic E-state index is -1.82. The molecule has 0 aromatic heterocycles. The monoisotopic (exact) mass is 320 g/mol. The quantitative estimate of drug-likeness (QED) is 0.630. The highest BCUT2D eigenvalue weighted by Gasteiger charge is 2.21. The fourth-order valence-corrected chi connectivity index (χ4v) is 2.61. The number of esters is 1. The lowest BCUT2D eigenvalue weighted by Gasteiger charge is -2.20. The lowest BCUT2D eigenvalue weighted by molar-refractivity contribution is 0.0595. The van der Waals surface area contributed by atoms with Gasteiger partial charge in [0.15, 0.2) is 0 Å². The van der Waals surface area contributed by atoms with Crippen LogP contribution in [0.4, 0.5) is 4.39 Å². The molecular formula is C11H14BrFO3Si. The molecule has 1 aromatic carbocycles. The number of ether oxygens (including phenoxy) is 1. The van der Waals surface area contributed by atoms with Gasteiger partial charge in [-0.3, -0.25) is 0 Å². The lowest BCUT2D eigenvalue weighted by atomic mass is 10.2. The van der Waals surface area contributed by atoms with Crippen LogP contribution in [0, 0.1) is 5.82 Å². The Morgan fingerprint density at radius 2 is 1.94 bits per heavy atom. The first kappa shape index (κ1) is 14.2. The Kier molecular flexibility index (Phi) is 4.32. The van der Waals surface area contributed by atoms with E-state index in [1.807, 2.05) is 19.6 Å². The van der Waals surface area contributed by atoms with E-state index in [0.29, 0.717) is 10.2 Å². The second-order valence-electron chi connectivity index (χ2n) is 4.47. The van der Waals surface area contributed by atoms with Gasteiger partial charge < -0.3 is 9.16 Å². The fraction of sp³-hybridized carbons (Fsp3) is 0.364. The van der Waals surface area contributed by atoms with Gasteiger partial charge in [-0.25, -0.2) is 9.18 Å². The molecule has 0 heterocycles. The first-order valence-corrected chi connectivity index (χ1v) is 9.21. The van der Waals surface area contributed by atoms with Crippen LogP contribution in [-0.2, 0) is 4.74 Å². The van der Waals surface area contributed by atoms with Gasteiger partial charge in [-0.2, -0.15) is 0 Å². The molecule has 6 heteroatoms. The molecule has 0 spiro atoms. The molecule has 0 unspecified atom stereocenters. The number of carbonyl (C=O) groups excluding carboxylic acids is 1. The van der Waals surface area contributed by atoms with Gasteiger partial charge in [0, 0.05) is 6.07 Å². The van der Waals surface area contributed by atoms with Crippen molar-refractivity contribution < 1.29 is 18.3 Å². The van der Waals surface area contributed by atoms with Crippen LogP contribution < -0.4 is 4.43 Å². The highest BCUT2D eigenvalue weighted by atomic mass is 79.9. The summed E-state index contributed by atoms with van der Waals surface area (Å²) in [5.74, 6) is -0.939. The maximum absolute atomic E-state index is 13.7. The molecule has 0 aliphatic rings. The molecular weight excluding hydrogens is 307 g/mol. The van der Waals surface area contributed by atoms with E-state index in [-0.39, 0.29) is 5.56 Å². The first-order valence-electron chi connectivity index (χ1n) is 5.01. The van der Waals surface area contributed by atoms with Crippen molar-refractivity contribution in [1.29, 1.82) is 0 Å². The standard InChI is InChI=1S/C11H14BrFO3Si/c1-15-11(14)7-5-8(12)10(6-9(7)13)16-17(2,3)4/h5-6H,1-4H3. The van der Waals surface area contributed by atoms with Gasteiger partial charge >= 0.3 is 5.97 Å². The van der Waals surface area contributed by atoms with Crippen LogP contribution in [-0.4, -0.2) is 21.4 Å². The molecule has 0 atom stereocenters. The van der Waals surface area contributed by atoms with Crippen molar-refractivity contribution in [2.75, 3.05) is 7.11 Å². The Balaban J connectivity index is 3.14. The van der Waals surface area contributed by atoms with Gasteiger partial charge in [-0.15, -0.1) is 0 Å². The summed E-state index contributed by atoms with van der Waals surface area (Å²) in [4.78, 5) is 11.3. The number of carbonyl (C=O) groups is 1. The number of rotatable bonds is 3. The highest BCUT2D eigenvalue weighted by molar-refractivity contribution is 9.10. The summed E-state index contributed by atoms with van der Waals surface area (Å²) in [6.45, 7) is 5.97. The molecule has 0 fully saturated rings. The van der Waals surface area contributed by atoms with Crippen molar-refractivity contribution >= 4 is 30.2 Å². The Hall–Kier alpha value is -0.883. The SMILES string of the molecule is COC(=O)c1cc(Br)c(O[Si](C)(C)C)cc1F. The third kappa shape index (κ3) is 3.81. The average molecular weight is 321 g/mol. The van der Waals surface area contributed by atoms with Crippen LogP contribution in [0.5, 0.6) is 5.75 Å². The molecule has 0 saturated heterocycles. The topological polar surface area (TPSA) is 35.5 Å². The summed E-state index contributed by atoms with van der Waals surface area (Å²) in [7, 11) is -0.608. The summed E-state index contributed by atoms with van der Waals surface area (Å²) in [6, 6.07) is 2.57. The first-order chi connectivity index (χ1) is 7.74. The molecule has 0 bridgehead atoms. The molecule has 0 radical (unpaired) electrons. The van der Waals surface area contributed by atoms with E-state index >= 15 is 0 Å². The van der Waals surface area contributed by atoms with Gasteiger partial charge in [0.25, 0.3) is 0 Å². The van der Waals surface area contributed by atoms with Crippen molar-refractivity contribution in [2.24, 2.45) is 0 Å². The summed E-state index contributed by atoms with van der Waals surface area (Å²) >= 11 is 3.25. The van der Waals surface area contributed by atoms with E-state index < -0.39 is 20.1 Å². The predicted octanol–water partition coefficient (Wildman–Crippen LogP) is 3.59. The summed E-state index contributed by atoms with van der Waals surface area (Å²) in [5.41, 5.74) is -0.109. The van der Waals surface area contributed by atoms with Crippen molar-refractivity contribution in [1.82, 2.24) is 0 Å².